The van der Waals surface area contributed by atoms with Crippen molar-refractivity contribution in [3.05, 3.63) is 71.8 Å². The van der Waals surface area contributed by atoms with E-state index in [0.717, 1.165) is 11.1 Å². The number of hydrogen-bond acceptors (Lipinski definition) is 0. The SMILES string of the molecule is Cc1ccc2c[c-]c(-c3[c-]cccc3)c(C)c2c1.[Y]. The zero-order valence-electron chi connectivity index (χ0n) is 11.2. The van der Waals surface area contributed by atoms with Crippen molar-refractivity contribution in [2.75, 3.05) is 0 Å². The van der Waals surface area contributed by atoms with Crippen LogP contribution in [0.4, 0.5) is 0 Å². The number of fused-ring (bicyclic) bond motifs is 1. The molecule has 0 spiro atoms. The molecule has 1 radical (unpaired) electrons. The van der Waals surface area contributed by atoms with Crippen LogP contribution >= 0.6 is 0 Å². The third kappa shape index (κ3) is 2.80. The average Bonchev–Trinajstić information content (AvgIpc) is 2.41. The Morgan fingerprint density at radius 1 is 0.947 bits per heavy atom. The molecule has 0 saturated carbocycles. The minimum atomic E-state index is 0. The van der Waals surface area contributed by atoms with Crippen molar-refractivity contribution < 1.29 is 32.7 Å². The largest absolute Gasteiger partial charge is 0.226 e. The van der Waals surface area contributed by atoms with Crippen molar-refractivity contribution in [3.63, 3.8) is 0 Å². The van der Waals surface area contributed by atoms with Crippen LogP contribution in [-0.2, 0) is 32.7 Å². The first-order valence-electron chi connectivity index (χ1n) is 6.14. The Hall–Kier alpha value is -0.976. The fourth-order valence-electron chi connectivity index (χ4n) is 2.34. The van der Waals surface area contributed by atoms with E-state index in [1.54, 1.807) is 0 Å². The fourth-order valence-corrected chi connectivity index (χ4v) is 2.34. The molecular formula is C18H14Y-2. The van der Waals surface area contributed by atoms with E-state index in [-0.39, 0.29) is 32.7 Å². The van der Waals surface area contributed by atoms with Crippen LogP contribution in [0, 0.1) is 26.0 Å². The predicted molar refractivity (Wildman–Crippen MR) is 76.5 cm³/mol. The van der Waals surface area contributed by atoms with Gasteiger partial charge in [-0.3, -0.25) is 0 Å². The van der Waals surface area contributed by atoms with Crippen LogP contribution < -0.4 is 0 Å². The number of rotatable bonds is 1. The van der Waals surface area contributed by atoms with E-state index >= 15 is 0 Å². The molecular weight excluding hydrogens is 305 g/mol. The van der Waals surface area contributed by atoms with E-state index in [9.17, 15) is 0 Å². The predicted octanol–water partition coefficient (Wildman–Crippen LogP) is 4.72. The van der Waals surface area contributed by atoms with E-state index in [1.807, 2.05) is 18.2 Å². The van der Waals surface area contributed by atoms with Gasteiger partial charge < -0.3 is 0 Å². The van der Waals surface area contributed by atoms with Crippen molar-refractivity contribution in [1.82, 2.24) is 0 Å². The molecule has 0 aromatic heterocycles. The molecule has 0 bridgehead atoms. The van der Waals surface area contributed by atoms with Gasteiger partial charge in [-0.2, -0.15) is 35.9 Å². The Balaban J connectivity index is 0.00000133. The molecule has 1 heteroatoms. The average molecular weight is 319 g/mol. The maximum absolute atomic E-state index is 3.38. The van der Waals surface area contributed by atoms with E-state index in [2.05, 4.69) is 56.3 Å². The molecule has 0 unspecified atom stereocenters. The van der Waals surface area contributed by atoms with Gasteiger partial charge in [0.25, 0.3) is 0 Å². The summed E-state index contributed by atoms with van der Waals surface area (Å²) in [4.78, 5) is 0. The van der Waals surface area contributed by atoms with Crippen LogP contribution in [0.5, 0.6) is 0 Å². The summed E-state index contributed by atoms with van der Waals surface area (Å²) in [7, 11) is 0. The van der Waals surface area contributed by atoms with E-state index in [1.165, 1.54) is 21.9 Å². The van der Waals surface area contributed by atoms with Crippen LogP contribution in [-0.4, -0.2) is 0 Å². The minimum Gasteiger partial charge on any atom is -0.226 e. The van der Waals surface area contributed by atoms with Gasteiger partial charge >= 0.3 is 0 Å². The zero-order valence-corrected chi connectivity index (χ0v) is 14.0. The van der Waals surface area contributed by atoms with E-state index in [4.69, 9.17) is 0 Å². The molecule has 0 aliphatic rings. The molecule has 3 aromatic rings. The molecule has 0 N–H and O–H groups in total. The van der Waals surface area contributed by atoms with Crippen LogP contribution in [0.25, 0.3) is 21.9 Å². The van der Waals surface area contributed by atoms with Crippen molar-refractivity contribution in [1.29, 1.82) is 0 Å². The van der Waals surface area contributed by atoms with E-state index in [0.29, 0.717) is 0 Å². The van der Waals surface area contributed by atoms with Gasteiger partial charge in [0.15, 0.2) is 0 Å². The van der Waals surface area contributed by atoms with Gasteiger partial charge in [0, 0.05) is 32.7 Å². The molecule has 3 rings (SSSR count). The Kier molecular flexibility index (Phi) is 4.55. The molecule has 19 heavy (non-hydrogen) atoms. The standard InChI is InChI=1S/C18H14.Y/c1-13-8-9-16-10-11-17(14(2)18(16)12-13)15-6-4-3-5-7-15;/h3-6,8-10,12H,1-2H3;/q-2;. The van der Waals surface area contributed by atoms with Crippen molar-refractivity contribution in [3.8, 4) is 11.1 Å². The van der Waals surface area contributed by atoms with E-state index < -0.39 is 0 Å². The van der Waals surface area contributed by atoms with Crippen LogP contribution in [0.15, 0.2) is 48.5 Å². The summed E-state index contributed by atoms with van der Waals surface area (Å²) in [6, 6.07) is 23.3. The van der Waals surface area contributed by atoms with Gasteiger partial charge in [-0.1, -0.05) is 30.7 Å². The fraction of sp³-hybridized carbons (Fsp3) is 0.111. The van der Waals surface area contributed by atoms with Gasteiger partial charge in [0.1, 0.15) is 0 Å². The number of hydrogen-bond donors (Lipinski definition) is 0. The third-order valence-corrected chi connectivity index (χ3v) is 3.34. The number of aryl methyl sites for hydroxylation is 2. The minimum absolute atomic E-state index is 0. The van der Waals surface area contributed by atoms with Crippen LogP contribution in [0.2, 0.25) is 0 Å². The van der Waals surface area contributed by atoms with Gasteiger partial charge in [-0.15, -0.1) is 22.9 Å². The zero-order chi connectivity index (χ0) is 12.5. The summed E-state index contributed by atoms with van der Waals surface area (Å²) >= 11 is 0. The molecule has 0 amide bonds. The summed E-state index contributed by atoms with van der Waals surface area (Å²) in [5.41, 5.74) is 4.82. The molecule has 0 saturated heterocycles. The Morgan fingerprint density at radius 2 is 1.79 bits per heavy atom. The summed E-state index contributed by atoms with van der Waals surface area (Å²) in [6.45, 7) is 4.29. The Labute approximate surface area is 139 Å². The normalized spacial score (nSPS) is 10.2. The summed E-state index contributed by atoms with van der Waals surface area (Å²) in [6.07, 6.45) is 0. The maximum atomic E-state index is 3.38. The molecule has 3 aromatic carbocycles. The second kappa shape index (κ2) is 5.99. The number of benzene rings is 3. The molecule has 0 nitrogen and oxygen atoms in total. The van der Waals surface area contributed by atoms with Crippen molar-refractivity contribution in [2.24, 2.45) is 0 Å². The molecule has 91 valence electrons. The quantitative estimate of drug-likeness (QED) is 0.569. The van der Waals surface area contributed by atoms with Crippen LogP contribution in [0.1, 0.15) is 11.1 Å². The van der Waals surface area contributed by atoms with Gasteiger partial charge in [-0.25, -0.2) is 11.1 Å². The molecule has 0 aliphatic carbocycles. The Bertz CT molecular complexity index is 699. The second-order valence-electron chi connectivity index (χ2n) is 4.66. The summed E-state index contributed by atoms with van der Waals surface area (Å²) < 4.78 is 0. The second-order valence-corrected chi connectivity index (χ2v) is 4.66. The monoisotopic (exact) mass is 319 g/mol. The molecule has 0 heterocycles. The summed E-state index contributed by atoms with van der Waals surface area (Å²) in [5.74, 6) is 0. The summed E-state index contributed by atoms with van der Waals surface area (Å²) in [5, 5.41) is 2.55. The van der Waals surface area contributed by atoms with Gasteiger partial charge in [0.05, 0.1) is 0 Å². The third-order valence-electron chi connectivity index (χ3n) is 3.34. The van der Waals surface area contributed by atoms with Crippen LogP contribution in [0.3, 0.4) is 0 Å². The molecule has 0 atom stereocenters. The molecule has 0 fully saturated rings. The molecule has 0 aliphatic heterocycles. The Morgan fingerprint density at radius 3 is 2.53 bits per heavy atom. The first-order chi connectivity index (χ1) is 8.75. The first-order valence-corrected chi connectivity index (χ1v) is 6.14. The maximum Gasteiger partial charge on any atom is 0 e. The van der Waals surface area contributed by atoms with Gasteiger partial charge in [0.2, 0.25) is 0 Å². The van der Waals surface area contributed by atoms with Crippen molar-refractivity contribution in [2.45, 2.75) is 13.8 Å². The van der Waals surface area contributed by atoms with Crippen molar-refractivity contribution >= 4 is 10.8 Å². The first kappa shape index (κ1) is 14.4. The topological polar surface area (TPSA) is 0 Å². The smallest absolute Gasteiger partial charge is 0 e. The van der Waals surface area contributed by atoms with Gasteiger partial charge in [-0.05, 0) is 6.92 Å².